The predicted molar refractivity (Wildman–Crippen MR) is 163 cm³/mol. The van der Waals surface area contributed by atoms with Crippen LogP contribution in [0.15, 0.2) is 81.9 Å². The molecule has 0 bridgehead atoms. The van der Waals surface area contributed by atoms with Gasteiger partial charge in [0.15, 0.2) is 11.5 Å². The highest BCUT2D eigenvalue weighted by Gasteiger charge is 2.34. The molecule has 1 aliphatic heterocycles. The highest BCUT2D eigenvalue weighted by atomic mass is 35.5. The summed E-state index contributed by atoms with van der Waals surface area (Å²) in [5, 5.41) is 20.7. The molecule has 0 atom stereocenters. The van der Waals surface area contributed by atoms with E-state index in [0.29, 0.717) is 40.4 Å². The van der Waals surface area contributed by atoms with Crippen molar-refractivity contribution in [3.8, 4) is 17.6 Å². The summed E-state index contributed by atoms with van der Waals surface area (Å²) in [6.07, 6.45) is 1.60. The Kier molecular flexibility index (Phi) is 10.1. The molecule has 42 heavy (non-hydrogen) atoms. The van der Waals surface area contributed by atoms with E-state index in [1.165, 1.54) is 0 Å². The van der Waals surface area contributed by atoms with Gasteiger partial charge in [-0.15, -0.1) is 0 Å². The fourth-order valence-corrected chi connectivity index (χ4v) is 5.26. The molecule has 0 spiro atoms. The molecule has 0 fully saturated rings. The van der Waals surface area contributed by atoms with Crippen LogP contribution >= 0.6 is 23.4 Å². The van der Waals surface area contributed by atoms with Crippen LogP contribution in [0.4, 0.5) is 0 Å². The smallest absolute Gasteiger partial charge is 0.344 e. The third-order valence-electron chi connectivity index (χ3n) is 6.01. The van der Waals surface area contributed by atoms with Crippen molar-refractivity contribution in [1.29, 1.82) is 5.26 Å². The van der Waals surface area contributed by atoms with E-state index < -0.39 is 11.9 Å². The van der Waals surface area contributed by atoms with Gasteiger partial charge in [-0.25, -0.2) is 9.79 Å². The van der Waals surface area contributed by atoms with Crippen molar-refractivity contribution >= 4 is 46.4 Å². The lowest BCUT2D eigenvalue weighted by Crippen LogP contribution is -2.14. The summed E-state index contributed by atoms with van der Waals surface area (Å²) in [6.45, 7) is 5.86. The number of thioether (sulfide) groups is 1. The Morgan fingerprint density at radius 2 is 1.81 bits per heavy atom. The third kappa shape index (κ3) is 7.03. The molecular formula is C32H27ClN2O6S. The standard InChI is InChI=1S/C32H27ClN2O6S/c1-4-39-25-15-20(14-24(33)29(25)41-18-23-9-7-6-8-22(23)17-34)16-26-28(36)27(32(38)40-5-2)31(42-26)35-30(37)21-12-10-19(3)11-13-21/h6-16,36H,4-5,18H2,1-3H3/b26-16-,35-31?. The van der Waals surface area contributed by atoms with Crippen molar-refractivity contribution in [2.24, 2.45) is 4.99 Å². The van der Waals surface area contributed by atoms with E-state index in [2.05, 4.69) is 11.1 Å². The highest BCUT2D eigenvalue weighted by molar-refractivity contribution is 8.18. The number of nitrogens with zero attached hydrogens (tertiary/aromatic N) is 2. The summed E-state index contributed by atoms with van der Waals surface area (Å²) in [5.74, 6) is -1.07. The number of carbonyl (C=O) groups is 2. The quantitative estimate of drug-likeness (QED) is 0.255. The fourth-order valence-electron chi connectivity index (χ4n) is 3.98. The number of benzene rings is 3. The van der Waals surface area contributed by atoms with E-state index in [0.717, 1.165) is 17.3 Å². The number of carbonyl (C=O) groups excluding carboxylic acids is 2. The number of hydrogen-bond donors (Lipinski definition) is 1. The van der Waals surface area contributed by atoms with Gasteiger partial charge in [-0.2, -0.15) is 5.26 Å². The van der Waals surface area contributed by atoms with Gasteiger partial charge in [0.1, 0.15) is 23.0 Å². The zero-order valence-electron chi connectivity index (χ0n) is 23.1. The minimum atomic E-state index is -0.796. The lowest BCUT2D eigenvalue weighted by atomic mass is 10.1. The maximum atomic E-state index is 12.9. The third-order valence-corrected chi connectivity index (χ3v) is 7.31. The lowest BCUT2D eigenvalue weighted by molar-refractivity contribution is -0.138. The van der Waals surface area contributed by atoms with Gasteiger partial charge in [-0.3, -0.25) is 4.79 Å². The maximum Gasteiger partial charge on any atom is 0.344 e. The fraction of sp³-hybridized carbons (Fsp3) is 0.188. The Hall–Kier alpha value is -4.52. The van der Waals surface area contributed by atoms with E-state index in [-0.39, 0.29) is 39.5 Å². The summed E-state index contributed by atoms with van der Waals surface area (Å²) >= 11 is 7.57. The van der Waals surface area contributed by atoms with Gasteiger partial charge in [-0.1, -0.05) is 59.3 Å². The van der Waals surface area contributed by atoms with E-state index in [4.69, 9.17) is 25.8 Å². The number of esters is 1. The molecule has 10 heteroatoms. The van der Waals surface area contributed by atoms with Crippen LogP contribution in [0.5, 0.6) is 11.5 Å². The van der Waals surface area contributed by atoms with Gasteiger partial charge >= 0.3 is 5.97 Å². The van der Waals surface area contributed by atoms with Crippen LogP contribution in [0, 0.1) is 18.3 Å². The number of nitriles is 1. The number of rotatable bonds is 9. The van der Waals surface area contributed by atoms with Crippen LogP contribution in [-0.2, 0) is 16.1 Å². The van der Waals surface area contributed by atoms with Crippen LogP contribution in [-0.4, -0.2) is 35.2 Å². The number of aliphatic hydroxyl groups is 1. The zero-order valence-corrected chi connectivity index (χ0v) is 24.7. The molecule has 0 aromatic heterocycles. The minimum absolute atomic E-state index is 0.0232. The molecule has 0 radical (unpaired) electrons. The largest absolute Gasteiger partial charge is 0.506 e. The summed E-state index contributed by atoms with van der Waals surface area (Å²) < 4.78 is 16.9. The molecule has 0 saturated heterocycles. The molecule has 1 N–H and O–H groups in total. The Balaban J connectivity index is 1.68. The van der Waals surface area contributed by atoms with E-state index in [9.17, 15) is 20.0 Å². The molecule has 0 saturated carbocycles. The summed E-state index contributed by atoms with van der Waals surface area (Å²) in [6, 6.07) is 19.4. The predicted octanol–water partition coefficient (Wildman–Crippen LogP) is 7.20. The van der Waals surface area contributed by atoms with Crippen LogP contribution < -0.4 is 9.47 Å². The second kappa shape index (κ2) is 13.9. The van der Waals surface area contributed by atoms with Crippen LogP contribution in [0.25, 0.3) is 6.08 Å². The number of aliphatic imine (C=N–C) groups is 1. The normalized spacial score (nSPS) is 14.6. The first-order chi connectivity index (χ1) is 20.2. The van der Waals surface area contributed by atoms with Crippen molar-refractivity contribution in [3.63, 3.8) is 0 Å². The number of amides is 1. The van der Waals surface area contributed by atoms with Crippen molar-refractivity contribution in [3.05, 3.63) is 110 Å². The van der Waals surface area contributed by atoms with Gasteiger partial charge in [0.05, 0.1) is 34.8 Å². The minimum Gasteiger partial charge on any atom is -0.506 e. The Morgan fingerprint density at radius 3 is 2.50 bits per heavy atom. The van der Waals surface area contributed by atoms with Crippen molar-refractivity contribution < 1.29 is 28.9 Å². The summed E-state index contributed by atoms with van der Waals surface area (Å²) in [4.78, 5) is 30.0. The monoisotopic (exact) mass is 602 g/mol. The van der Waals surface area contributed by atoms with Gasteiger partial charge in [-0.05, 0) is 62.7 Å². The van der Waals surface area contributed by atoms with Crippen LogP contribution in [0.1, 0.15) is 46.5 Å². The Labute approximate surface area is 252 Å². The van der Waals surface area contributed by atoms with Crippen molar-refractivity contribution in [2.45, 2.75) is 27.4 Å². The molecule has 3 aromatic carbocycles. The van der Waals surface area contributed by atoms with Gasteiger partial charge in [0, 0.05) is 11.1 Å². The van der Waals surface area contributed by atoms with Crippen LogP contribution in [0.3, 0.4) is 0 Å². The first kappa shape index (κ1) is 30.4. The molecule has 0 unspecified atom stereocenters. The molecule has 4 rings (SSSR count). The lowest BCUT2D eigenvalue weighted by Gasteiger charge is -2.15. The van der Waals surface area contributed by atoms with E-state index >= 15 is 0 Å². The van der Waals surface area contributed by atoms with Crippen molar-refractivity contribution in [2.75, 3.05) is 13.2 Å². The topological polar surface area (TPSA) is 118 Å². The molecular weight excluding hydrogens is 576 g/mol. The maximum absolute atomic E-state index is 12.9. The number of ether oxygens (including phenoxy) is 3. The van der Waals surface area contributed by atoms with E-state index in [1.807, 2.05) is 19.9 Å². The van der Waals surface area contributed by atoms with E-state index in [1.54, 1.807) is 67.6 Å². The van der Waals surface area contributed by atoms with Gasteiger partial charge in [0.2, 0.25) is 0 Å². The van der Waals surface area contributed by atoms with Gasteiger partial charge < -0.3 is 19.3 Å². The van der Waals surface area contributed by atoms with Crippen molar-refractivity contribution in [1.82, 2.24) is 0 Å². The molecule has 3 aromatic rings. The second-order valence-electron chi connectivity index (χ2n) is 8.96. The average molecular weight is 603 g/mol. The Bertz CT molecular complexity index is 1650. The molecule has 1 aliphatic rings. The summed E-state index contributed by atoms with van der Waals surface area (Å²) in [7, 11) is 0. The van der Waals surface area contributed by atoms with Gasteiger partial charge in [0.25, 0.3) is 5.91 Å². The average Bonchev–Trinajstić information content (AvgIpc) is 3.27. The Morgan fingerprint density at radius 1 is 1.07 bits per heavy atom. The first-order valence-electron chi connectivity index (χ1n) is 13.0. The number of hydrogen-bond acceptors (Lipinski definition) is 8. The first-order valence-corrected chi connectivity index (χ1v) is 14.2. The number of halogens is 1. The highest BCUT2D eigenvalue weighted by Crippen LogP contribution is 2.42. The molecule has 1 amide bonds. The zero-order chi connectivity index (χ0) is 30.2. The number of aryl methyl sites for hydroxylation is 1. The molecule has 214 valence electrons. The second-order valence-corrected chi connectivity index (χ2v) is 10.4. The summed E-state index contributed by atoms with van der Waals surface area (Å²) in [5.41, 5.74) is 2.86. The SMILES string of the molecule is CCOC(=O)C1=C(O)/C(=C/c2cc(Cl)c(OCc3ccccc3C#N)c(OCC)c2)SC1=NC(=O)c1ccc(C)cc1. The number of aliphatic hydroxyl groups excluding tert-OH is 1. The molecule has 8 nitrogen and oxygen atoms in total. The van der Waals surface area contributed by atoms with Crippen LogP contribution in [0.2, 0.25) is 5.02 Å². The molecule has 1 heterocycles. The molecule has 0 aliphatic carbocycles.